The number of carboxylic acids is 1. The normalized spacial score (nSPS) is 13.1. The van der Waals surface area contributed by atoms with E-state index in [9.17, 15) is 4.79 Å². The number of nitrogens with zero attached hydrogens (tertiary/aromatic N) is 3. The fourth-order valence-electron chi connectivity index (χ4n) is 0.972. The first kappa shape index (κ1) is 10.6. The molecule has 0 amide bonds. The van der Waals surface area contributed by atoms with Gasteiger partial charge in [0, 0.05) is 18.7 Å². The van der Waals surface area contributed by atoms with Crippen LogP contribution < -0.4 is 5.73 Å². The number of hydrogen-bond acceptors (Lipinski definition) is 4. The largest absolute Gasteiger partial charge is 0.480 e. The van der Waals surface area contributed by atoms with E-state index in [1.54, 1.807) is 10.9 Å². The maximum Gasteiger partial charge on any atom is 0.320 e. The van der Waals surface area contributed by atoms with Crippen LogP contribution in [0.4, 0.5) is 0 Å². The van der Waals surface area contributed by atoms with Crippen LogP contribution in [-0.4, -0.2) is 32.1 Å². The van der Waals surface area contributed by atoms with Gasteiger partial charge in [0.15, 0.2) is 0 Å². The second-order valence-corrected chi connectivity index (χ2v) is 3.43. The molecule has 0 aliphatic rings. The Balaban J connectivity index is 2.64. The van der Waals surface area contributed by atoms with Crippen molar-refractivity contribution in [3.63, 3.8) is 0 Å². The Morgan fingerprint density at radius 2 is 2.36 bits per heavy atom. The molecule has 0 aliphatic heterocycles. The van der Waals surface area contributed by atoms with E-state index in [0.29, 0.717) is 5.69 Å². The maximum absolute atomic E-state index is 10.5. The van der Waals surface area contributed by atoms with Gasteiger partial charge in [0.1, 0.15) is 6.04 Å². The van der Waals surface area contributed by atoms with Gasteiger partial charge in [0.25, 0.3) is 0 Å². The summed E-state index contributed by atoms with van der Waals surface area (Å²) in [6.07, 6.45) is 1.93. The van der Waals surface area contributed by atoms with Crippen LogP contribution in [0.15, 0.2) is 6.20 Å². The SMILES string of the molecule is CC(C)n1cc(CC(N)C(=O)O)nn1. The third-order valence-electron chi connectivity index (χ3n) is 1.83. The molecule has 1 heterocycles. The van der Waals surface area contributed by atoms with Crippen molar-refractivity contribution in [1.29, 1.82) is 0 Å². The van der Waals surface area contributed by atoms with E-state index >= 15 is 0 Å². The second-order valence-electron chi connectivity index (χ2n) is 3.43. The van der Waals surface area contributed by atoms with Crippen molar-refractivity contribution >= 4 is 5.97 Å². The van der Waals surface area contributed by atoms with Crippen LogP contribution >= 0.6 is 0 Å². The molecule has 78 valence electrons. The van der Waals surface area contributed by atoms with Crippen molar-refractivity contribution in [1.82, 2.24) is 15.0 Å². The minimum Gasteiger partial charge on any atom is -0.480 e. The molecule has 0 saturated carbocycles. The Morgan fingerprint density at radius 3 is 2.79 bits per heavy atom. The van der Waals surface area contributed by atoms with Crippen LogP contribution in [0.1, 0.15) is 25.6 Å². The molecule has 1 aromatic rings. The Morgan fingerprint density at radius 1 is 1.71 bits per heavy atom. The van der Waals surface area contributed by atoms with E-state index in [0.717, 1.165) is 0 Å². The highest BCUT2D eigenvalue weighted by atomic mass is 16.4. The molecule has 6 heteroatoms. The summed E-state index contributed by atoms with van der Waals surface area (Å²) in [4.78, 5) is 10.5. The van der Waals surface area contributed by atoms with Crippen molar-refractivity contribution in [2.24, 2.45) is 5.73 Å². The van der Waals surface area contributed by atoms with Crippen molar-refractivity contribution in [2.45, 2.75) is 32.4 Å². The standard InChI is InChI=1S/C8H14N4O2/c1-5(2)12-4-6(10-11-12)3-7(9)8(13)14/h4-5,7H,3,9H2,1-2H3,(H,13,14). The smallest absolute Gasteiger partial charge is 0.320 e. The van der Waals surface area contributed by atoms with E-state index < -0.39 is 12.0 Å². The summed E-state index contributed by atoms with van der Waals surface area (Å²) in [5.74, 6) is -1.02. The van der Waals surface area contributed by atoms with Gasteiger partial charge in [-0.3, -0.25) is 4.79 Å². The van der Waals surface area contributed by atoms with Crippen LogP contribution in [0, 0.1) is 0 Å². The molecule has 0 aromatic carbocycles. The number of carbonyl (C=O) groups is 1. The van der Waals surface area contributed by atoms with E-state index in [1.165, 1.54) is 0 Å². The summed E-state index contributed by atoms with van der Waals surface area (Å²) in [5, 5.41) is 16.3. The lowest BCUT2D eigenvalue weighted by atomic mass is 10.2. The molecule has 3 N–H and O–H groups in total. The topological polar surface area (TPSA) is 94.0 Å². The van der Waals surface area contributed by atoms with Crippen molar-refractivity contribution in [3.8, 4) is 0 Å². The summed E-state index contributed by atoms with van der Waals surface area (Å²) in [6, 6.07) is -0.690. The first-order valence-corrected chi connectivity index (χ1v) is 4.39. The first-order chi connectivity index (χ1) is 6.50. The van der Waals surface area contributed by atoms with Gasteiger partial charge < -0.3 is 10.8 Å². The number of nitrogens with two attached hydrogens (primary N) is 1. The lowest BCUT2D eigenvalue weighted by molar-refractivity contribution is -0.138. The minimum absolute atomic E-state index is 0.210. The quantitative estimate of drug-likeness (QED) is 0.699. The summed E-state index contributed by atoms with van der Waals surface area (Å²) >= 11 is 0. The molecule has 1 aromatic heterocycles. The second kappa shape index (κ2) is 4.19. The molecule has 1 rings (SSSR count). The van der Waals surface area contributed by atoms with Gasteiger partial charge in [0.05, 0.1) is 5.69 Å². The Hall–Kier alpha value is -1.43. The fourth-order valence-corrected chi connectivity index (χ4v) is 0.972. The molecule has 1 unspecified atom stereocenters. The van der Waals surface area contributed by atoms with Gasteiger partial charge in [-0.25, -0.2) is 4.68 Å². The van der Waals surface area contributed by atoms with Crippen molar-refractivity contribution in [3.05, 3.63) is 11.9 Å². The number of rotatable bonds is 4. The van der Waals surface area contributed by atoms with Crippen LogP contribution in [-0.2, 0) is 11.2 Å². The van der Waals surface area contributed by atoms with E-state index in [4.69, 9.17) is 10.8 Å². The molecular weight excluding hydrogens is 184 g/mol. The van der Waals surface area contributed by atoms with Crippen LogP contribution in [0.2, 0.25) is 0 Å². The molecule has 0 saturated heterocycles. The summed E-state index contributed by atoms with van der Waals surface area (Å²) in [6.45, 7) is 3.94. The fraction of sp³-hybridized carbons (Fsp3) is 0.625. The van der Waals surface area contributed by atoms with Gasteiger partial charge in [-0.1, -0.05) is 5.21 Å². The summed E-state index contributed by atoms with van der Waals surface area (Å²) in [7, 11) is 0. The zero-order valence-electron chi connectivity index (χ0n) is 8.21. The molecule has 0 aliphatic carbocycles. The predicted molar refractivity (Wildman–Crippen MR) is 49.7 cm³/mol. The molecule has 0 radical (unpaired) electrons. The molecule has 6 nitrogen and oxygen atoms in total. The average Bonchev–Trinajstić information content (AvgIpc) is 2.52. The van der Waals surface area contributed by atoms with Crippen LogP contribution in [0.25, 0.3) is 0 Å². The first-order valence-electron chi connectivity index (χ1n) is 4.39. The van der Waals surface area contributed by atoms with Gasteiger partial charge >= 0.3 is 5.97 Å². The van der Waals surface area contributed by atoms with E-state index in [1.807, 2.05) is 13.8 Å². The maximum atomic E-state index is 10.5. The average molecular weight is 198 g/mol. The molecule has 0 fully saturated rings. The minimum atomic E-state index is -1.02. The van der Waals surface area contributed by atoms with E-state index in [-0.39, 0.29) is 12.5 Å². The molecule has 1 atom stereocenters. The van der Waals surface area contributed by atoms with Gasteiger partial charge in [-0.15, -0.1) is 5.10 Å². The molecule has 0 spiro atoms. The lowest BCUT2D eigenvalue weighted by Crippen LogP contribution is -2.32. The van der Waals surface area contributed by atoms with Gasteiger partial charge in [0.2, 0.25) is 0 Å². The monoisotopic (exact) mass is 198 g/mol. The van der Waals surface area contributed by atoms with Gasteiger partial charge in [-0.05, 0) is 13.8 Å². The highest BCUT2D eigenvalue weighted by Gasteiger charge is 2.14. The van der Waals surface area contributed by atoms with Crippen molar-refractivity contribution < 1.29 is 9.90 Å². The molecule has 14 heavy (non-hydrogen) atoms. The summed E-state index contributed by atoms with van der Waals surface area (Å²) < 4.78 is 1.67. The number of carboxylic acid groups (broad SMARTS) is 1. The van der Waals surface area contributed by atoms with Gasteiger partial charge in [-0.2, -0.15) is 0 Å². The lowest BCUT2D eigenvalue weighted by Gasteiger charge is -2.03. The molecule has 0 bridgehead atoms. The summed E-state index contributed by atoms with van der Waals surface area (Å²) in [5.41, 5.74) is 5.96. The zero-order chi connectivity index (χ0) is 10.7. The highest BCUT2D eigenvalue weighted by Crippen LogP contribution is 2.04. The third-order valence-corrected chi connectivity index (χ3v) is 1.83. The Labute approximate surface area is 81.7 Å². The predicted octanol–water partition coefficient (Wildman–Crippen LogP) is -0.187. The number of hydrogen-bond donors (Lipinski definition) is 2. The molecular formula is C8H14N4O2. The van der Waals surface area contributed by atoms with Crippen LogP contribution in [0.5, 0.6) is 0 Å². The van der Waals surface area contributed by atoms with Crippen molar-refractivity contribution in [2.75, 3.05) is 0 Å². The highest BCUT2D eigenvalue weighted by molar-refractivity contribution is 5.73. The zero-order valence-corrected chi connectivity index (χ0v) is 8.21. The Bertz CT molecular complexity index is 321. The van der Waals surface area contributed by atoms with Crippen LogP contribution in [0.3, 0.4) is 0 Å². The Kier molecular flexibility index (Phi) is 3.19. The third kappa shape index (κ3) is 2.53. The number of aliphatic carboxylic acids is 1. The number of aromatic nitrogens is 3. The van der Waals surface area contributed by atoms with E-state index in [2.05, 4.69) is 10.3 Å².